The number of likely N-dealkylation sites (N-methyl/N-ethyl adjacent to an activating group) is 1. The lowest BCUT2D eigenvalue weighted by Gasteiger charge is -2.18. The molecule has 1 amide bonds. The number of halogens is 2. The Bertz CT molecular complexity index is 1230. The molecule has 0 bridgehead atoms. The van der Waals surface area contributed by atoms with E-state index in [1.54, 1.807) is 36.5 Å². The number of hydrogen-bond acceptors (Lipinski definition) is 8. The van der Waals surface area contributed by atoms with Gasteiger partial charge in [0.25, 0.3) is 0 Å². The number of carbonyl (C=O) groups is 1. The molecule has 0 radical (unpaired) electrons. The van der Waals surface area contributed by atoms with Crippen LogP contribution in [-0.2, 0) is 6.61 Å². The predicted molar refractivity (Wildman–Crippen MR) is 133 cm³/mol. The molecule has 11 heteroatoms. The summed E-state index contributed by atoms with van der Waals surface area (Å²) in [6, 6.07) is 9.91. The minimum Gasteiger partial charge on any atom is -0.494 e. The number of rotatable bonds is 9. The third-order valence-electron chi connectivity index (χ3n) is 5.61. The Hall–Kier alpha value is -3.08. The average molecular weight is 518 g/mol. The van der Waals surface area contributed by atoms with Gasteiger partial charge in [-0.2, -0.15) is 4.98 Å². The van der Waals surface area contributed by atoms with Crippen LogP contribution in [0.5, 0.6) is 11.6 Å². The van der Waals surface area contributed by atoms with Crippen LogP contribution in [-0.4, -0.2) is 49.2 Å². The van der Waals surface area contributed by atoms with Crippen LogP contribution < -0.4 is 25.4 Å². The maximum absolute atomic E-state index is 13.8. The smallest absolute Gasteiger partial charge is 0.250 e. The number of nitrogens with two attached hydrogens (primary N) is 1. The van der Waals surface area contributed by atoms with Crippen LogP contribution in [0.25, 0.3) is 0 Å². The number of anilines is 1. The zero-order valence-electron chi connectivity index (χ0n) is 19.3. The molecule has 184 valence electrons. The van der Waals surface area contributed by atoms with Crippen LogP contribution in [0.3, 0.4) is 0 Å². The van der Waals surface area contributed by atoms with Crippen molar-refractivity contribution in [2.24, 2.45) is 5.73 Å². The second-order valence-corrected chi connectivity index (χ2v) is 9.45. The fourth-order valence-corrected chi connectivity index (χ4v) is 4.88. The molecule has 1 aromatic heterocycles. The number of hydrogen-bond donors (Lipinski definition) is 2. The second-order valence-electron chi connectivity index (χ2n) is 7.93. The highest BCUT2D eigenvalue weighted by molar-refractivity contribution is 7.99. The summed E-state index contributed by atoms with van der Waals surface area (Å²) in [4.78, 5) is 24.3. The summed E-state index contributed by atoms with van der Waals surface area (Å²) in [6.45, 7) is 1.78. The van der Waals surface area contributed by atoms with Crippen LogP contribution in [0, 0.1) is 5.82 Å². The van der Waals surface area contributed by atoms with Crippen molar-refractivity contribution < 1.29 is 18.7 Å². The normalized spacial score (nSPS) is 15.3. The van der Waals surface area contributed by atoms with Gasteiger partial charge in [0, 0.05) is 24.0 Å². The Balaban J connectivity index is 1.61. The van der Waals surface area contributed by atoms with E-state index in [1.807, 2.05) is 7.05 Å². The van der Waals surface area contributed by atoms with E-state index >= 15 is 0 Å². The van der Waals surface area contributed by atoms with E-state index in [-0.39, 0.29) is 22.9 Å². The predicted octanol–water partition coefficient (Wildman–Crippen LogP) is 3.90. The first-order valence-electron chi connectivity index (χ1n) is 10.9. The molecule has 4 rings (SSSR count). The first-order chi connectivity index (χ1) is 16.9. The first-order valence-corrected chi connectivity index (χ1v) is 12.1. The summed E-state index contributed by atoms with van der Waals surface area (Å²) in [5.74, 6) is 0.0559. The summed E-state index contributed by atoms with van der Waals surface area (Å²) >= 11 is 7.57. The summed E-state index contributed by atoms with van der Waals surface area (Å²) < 4.78 is 24.9. The van der Waals surface area contributed by atoms with Crippen molar-refractivity contribution >= 4 is 35.2 Å². The zero-order chi connectivity index (χ0) is 24.9. The maximum atomic E-state index is 13.8. The largest absolute Gasteiger partial charge is 0.494 e. The van der Waals surface area contributed by atoms with E-state index in [4.69, 9.17) is 31.8 Å². The number of carbonyl (C=O) groups excluding carboxylic acids is 1. The minimum absolute atomic E-state index is 0.142. The van der Waals surface area contributed by atoms with Crippen LogP contribution >= 0.6 is 23.4 Å². The monoisotopic (exact) mass is 517 g/mol. The van der Waals surface area contributed by atoms with Gasteiger partial charge in [0.05, 0.1) is 28.8 Å². The lowest BCUT2D eigenvalue weighted by Crippen LogP contribution is -2.30. The Labute approximate surface area is 212 Å². The van der Waals surface area contributed by atoms with Gasteiger partial charge >= 0.3 is 0 Å². The lowest BCUT2D eigenvalue weighted by molar-refractivity contribution is 0.100. The first kappa shape index (κ1) is 25.0. The second kappa shape index (κ2) is 11.1. The van der Waals surface area contributed by atoms with Crippen LogP contribution in [0.1, 0.15) is 22.3 Å². The highest BCUT2D eigenvalue weighted by Crippen LogP contribution is 2.37. The number of ether oxygens (including phenoxy) is 2. The molecule has 35 heavy (non-hydrogen) atoms. The molecule has 1 unspecified atom stereocenters. The molecule has 2 heterocycles. The number of methoxy groups -OCH3 is 1. The number of aromatic nitrogens is 2. The number of nitrogens with one attached hydrogen (secondary N) is 1. The molecular formula is C24H25ClFN5O3S. The molecule has 1 aliphatic heterocycles. The van der Waals surface area contributed by atoms with Crippen molar-refractivity contribution in [1.29, 1.82) is 0 Å². The fourth-order valence-electron chi connectivity index (χ4n) is 3.68. The molecule has 3 aromatic rings. The number of benzene rings is 2. The van der Waals surface area contributed by atoms with Crippen molar-refractivity contribution in [2.75, 3.05) is 32.1 Å². The quantitative estimate of drug-likeness (QED) is 0.440. The molecule has 0 saturated carbocycles. The molecule has 0 spiro atoms. The Morgan fingerprint density at radius 2 is 2.17 bits per heavy atom. The van der Waals surface area contributed by atoms with E-state index < -0.39 is 11.7 Å². The highest BCUT2D eigenvalue weighted by atomic mass is 35.5. The van der Waals surface area contributed by atoms with Crippen LogP contribution in [0.15, 0.2) is 52.4 Å². The summed E-state index contributed by atoms with van der Waals surface area (Å²) in [5, 5.41) is 3.54. The summed E-state index contributed by atoms with van der Waals surface area (Å²) in [6.07, 6.45) is 2.70. The van der Waals surface area contributed by atoms with Gasteiger partial charge in [-0.05, 0) is 49.4 Å². The fraction of sp³-hybridized carbons (Fsp3) is 0.292. The maximum Gasteiger partial charge on any atom is 0.250 e. The van der Waals surface area contributed by atoms with Crippen molar-refractivity contribution in [3.05, 3.63) is 64.6 Å². The van der Waals surface area contributed by atoms with Gasteiger partial charge in [-0.3, -0.25) is 4.79 Å². The van der Waals surface area contributed by atoms with Gasteiger partial charge in [-0.15, -0.1) is 0 Å². The summed E-state index contributed by atoms with van der Waals surface area (Å²) in [7, 11) is 3.35. The average Bonchev–Trinajstić information content (AvgIpc) is 3.33. The van der Waals surface area contributed by atoms with Gasteiger partial charge in [-0.25, -0.2) is 9.37 Å². The molecule has 1 aliphatic rings. The van der Waals surface area contributed by atoms with Gasteiger partial charge in [0.2, 0.25) is 17.7 Å². The van der Waals surface area contributed by atoms with Crippen molar-refractivity contribution in [3.63, 3.8) is 0 Å². The Morgan fingerprint density at radius 3 is 2.86 bits per heavy atom. The molecule has 1 saturated heterocycles. The Morgan fingerprint density at radius 1 is 1.34 bits per heavy atom. The highest BCUT2D eigenvalue weighted by Gasteiger charge is 2.24. The molecule has 3 N–H and O–H groups in total. The van der Waals surface area contributed by atoms with E-state index in [2.05, 4.69) is 15.2 Å². The molecule has 8 nitrogen and oxygen atoms in total. The van der Waals surface area contributed by atoms with Crippen molar-refractivity contribution in [2.45, 2.75) is 28.9 Å². The minimum atomic E-state index is -0.594. The van der Waals surface area contributed by atoms with Gasteiger partial charge < -0.3 is 25.4 Å². The number of nitrogens with zero attached hydrogens (tertiary/aromatic N) is 3. The van der Waals surface area contributed by atoms with Crippen LogP contribution in [0.4, 0.5) is 10.3 Å². The van der Waals surface area contributed by atoms with Gasteiger partial charge in [-0.1, -0.05) is 29.4 Å². The third-order valence-corrected chi connectivity index (χ3v) is 6.92. The van der Waals surface area contributed by atoms with E-state index in [0.29, 0.717) is 22.8 Å². The molecule has 2 aromatic carbocycles. The SMILES string of the molecule is CNC1CCN(c2ncc(Sc3ccc(C(N)=O)c(Cl)c3)c(OCc3ccc(F)c(OC)c3)n2)C1. The molecular weight excluding hydrogens is 493 g/mol. The Kier molecular flexibility index (Phi) is 7.94. The molecule has 0 aliphatic carbocycles. The van der Waals surface area contributed by atoms with E-state index in [9.17, 15) is 9.18 Å². The molecule has 1 fully saturated rings. The molecule has 1 atom stereocenters. The number of amides is 1. The summed E-state index contributed by atoms with van der Waals surface area (Å²) in [5.41, 5.74) is 6.32. The van der Waals surface area contributed by atoms with E-state index in [0.717, 1.165) is 30.0 Å². The van der Waals surface area contributed by atoms with Crippen molar-refractivity contribution in [3.8, 4) is 11.6 Å². The van der Waals surface area contributed by atoms with Crippen molar-refractivity contribution in [1.82, 2.24) is 15.3 Å². The number of primary amides is 1. The standard InChI is InChI=1S/C24H25ClFN5O3S/c1-28-15-7-8-31(12-15)24-29-11-21(35-16-4-5-17(22(27)32)18(25)10-16)23(30-24)34-13-14-3-6-19(26)20(9-14)33-2/h3-6,9-11,15,28H,7-8,12-13H2,1-2H3,(H2,27,32). The van der Waals surface area contributed by atoms with Gasteiger partial charge in [0.1, 0.15) is 6.61 Å². The van der Waals surface area contributed by atoms with Crippen LogP contribution in [0.2, 0.25) is 5.02 Å². The topological polar surface area (TPSA) is 103 Å². The van der Waals surface area contributed by atoms with E-state index in [1.165, 1.54) is 24.9 Å². The lowest BCUT2D eigenvalue weighted by atomic mass is 10.2. The third kappa shape index (κ3) is 5.95. The zero-order valence-corrected chi connectivity index (χ0v) is 20.8. The van der Waals surface area contributed by atoms with Gasteiger partial charge in [0.15, 0.2) is 11.6 Å².